The predicted octanol–water partition coefficient (Wildman–Crippen LogP) is 2.05. The number of hydrogen-bond acceptors (Lipinski definition) is 4. The van der Waals surface area contributed by atoms with Crippen molar-refractivity contribution in [1.82, 2.24) is 19.7 Å². The summed E-state index contributed by atoms with van der Waals surface area (Å²) < 4.78 is 1.76. The number of hydrogen-bond donors (Lipinski definition) is 0. The van der Waals surface area contributed by atoms with Gasteiger partial charge in [-0.25, -0.2) is 4.98 Å². The van der Waals surface area contributed by atoms with Crippen LogP contribution in [0.2, 0.25) is 5.02 Å². The van der Waals surface area contributed by atoms with Crippen LogP contribution in [-0.4, -0.2) is 51.8 Å². The molecule has 0 bridgehead atoms. The highest BCUT2D eigenvalue weighted by Gasteiger charge is 2.27. The number of carbonyl (C=O) groups excluding carboxylic acids is 1. The first-order valence-electron chi connectivity index (χ1n) is 7.64. The third kappa shape index (κ3) is 2.91. The Balaban J connectivity index is 1.72. The first kappa shape index (κ1) is 15.8. The smallest absolute Gasteiger partial charge is 0.257 e. The molecule has 0 spiro atoms. The largest absolute Gasteiger partial charge is 0.352 e. The van der Waals surface area contributed by atoms with Crippen LogP contribution in [0.1, 0.15) is 21.7 Å². The van der Waals surface area contributed by atoms with E-state index in [0.717, 1.165) is 35.9 Å². The maximum atomic E-state index is 12.8. The molecule has 1 aliphatic rings. The van der Waals surface area contributed by atoms with Crippen molar-refractivity contribution < 1.29 is 4.79 Å². The van der Waals surface area contributed by atoms with Crippen molar-refractivity contribution in [3.63, 3.8) is 0 Å². The Morgan fingerprint density at radius 1 is 1.22 bits per heavy atom. The third-order valence-corrected chi connectivity index (χ3v) is 4.62. The molecule has 0 unspecified atom stereocenters. The van der Waals surface area contributed by atoms with Crippen LogP contribution in [-0.2, 0) is 7.05 Å². The number of nitrogens with zero attached hydrogens (tertiary/aromatic N) is 5. The Kier molecular flexibility index (Phi) is 4.26. The summed E-state index contributed by atoms with van der Waals surface area (Å²) >= 11 is 6.20. The Hall–Kier alpha value is -2.08. The summed E-state index contributed by atoms with van der Waals surface area (Å²) in [7, 11) is 1.86. The molecule has 3 heterocycles. The second kappa shape index (κ2) is 6.20. The number of rotatable bonds is 2. The second-order valence-electron chi connectivity index (χ2n) is 5.76. The SMILES string of the molecule is Cc1nn(C)c(C)c1C(=O)N1CCN(c2ncccc2Cl)CC1. The minimum atomic E-state index is 0.0554. The molecule has 1 saturated heterocycles. The topological polar surface area (TPSA) is 54.3 Å². The molecule has 2 aromatic heterocycles. The fourth-order valence-corrected chi connectivity index (χ4v) is 3.21. The van der Waals surface area contributed by atoms with Gasteiger partial charge in [-0.1, -0.05) is 11.6 Å². The van der Waals surface area contributed by atoms with Gasteiger partial charge in [-0.15, -0.1) is 0 Å². The third-order valence-electron chi connectivity index (χ3n) is 4.33. The summed E-state index contributed by atoms with van der Waals surface area (Å²) in [5.41, 5.74) is 2.41. The van der Waals surface area contributed by atoms with Crippen molar-refractivity contribution >= 4 is 23.3 Å². The van der Waals surface area contributed by atoms with E-state index in [2.05, 4.69) is 15.0 Å². The Morgan fingerprint density at radius 3 is 2.48 bits per heavy atom. The average molecular weight is 334 g/mol. The predicted molar refractivity (Wildman–Crippen MR) is 90.0 cm³/mol. The van der Waals surface area contributed by atoms with Crippen molar-refractivity contribution in [3.8, 4) is 0 Å². The molecule has 0 radical (unpaired) electrons. The highest BCUT2D eigenvalue weighted by Crippen LogP contribution is 2.24. The van der Waals surface area contributed by atoms with Crippen LogP contribution in [0.4, 0.5) is 5.82 Å². The lowest BCUT2D eigenvalue weighted by atomic mass is 10.1. The lowest BCUT2D eigenvalue weighted by molar-refractivity contribution is 0.0745. The molecule has 0 aromatic carbocycles. The van der Waals surface area contributed by atoms with Gasteiger partial charge in [-0.2, -0.15) is 5.10 Å². The molecule has 122 valence electrons. The van der Waals surface area contributed by atoms with Crippen LogP contribution in [0.15, 0.2) is 18.3 Å². The number of piperazine rings is 1. The number of carbonyl (C=O) groups is 1. The molecule has 6 nitrogen and oxygen atoms in total. The number of aryl methyl sites for hydroxylation is 2. The standard InChI is InChI=1S/C16H20ClN5O/c1-11-14(12(2)20(3)19-11)16(23)22-9-7-21(8-10-22)15-13(17)5-4-6-18-15/h4-6H,7-10H2,1-3H3. The minimum Gasteiger partial charge on any atom is -0.352 e. The maximum absolute atomic E-state index is 12.8. The van der Waals surface area contributed by atoms with Crippen molar-refractivity contribution in [1.29, 1.82) is 0 Å². The highest BCUT2D eigenvalue weighted by molar-refractivity contribution is 6.32. The monoisotopic (exact) mass is 333 g/mol. The molecule has 1 aliphatic heterocycles. The summed E-state index contributed by atoms with van der Waals surface area (Å²) in [6.07, 6.45) is 1.74. The molecular weight excluding hydrogens is 314 g/mol. The van der Waals surface area contributed by atoms with Gasteiger partial charge in [0.15, 0.2) is 0 Å². The van der Waals surface area contributed by atoms with E-state index in [9.17, 15) is 4.79 Å². The molecule has 0 saturated carbocycles. The van der Waals surface area contributed by atoms with E-state index in [4.69, 9.17) is 11.6 Å². The molecule has 0 atom stereocenters. The summed E-state index contributed by atoms with van der Waals surface area (Å²) in [5.74, 6) is 0.842. The van der Waals surface area contributed by atoms with Crippen LogP contribution in [0.5, 0.6) is 0 Å². The zero-order valence-corrected chi connectivity index (χ0v) is 14.3. The lowest BCUT2D eigenvalue weighted by Crippen LogP contribution is -2.49. The molecular formula is C16H20ClN5O. The number of amides is 1. The molecule has 2 aromatic rings. The van der Waals surface area contributed by atoms with Gasteiger partial charge in [0.25, 0.3) is 5.91 Å². The van der Waals surface area contributed by atoms with Gasteiger partial charge in [0.2, 0.25) is 0 Å². The van der Waals surface area contributed by atoms with Crippen molar-refractivity contribution in [2.45, 2.75) is 13.8 Å². The van der Waals surface area contributed by atoms with E-state index in [-0.39, 0.29) is 5.91 Å². The van der Waals surface area contributed by atoms with E-state index < -0.39 is 0 Å². The zero-order valence-electron chi connectivity index (χ0n) is 13.6. The van der Waals surface area contributed by atoms with E-state index in [1.165, 1.54) is 0 Å². The summed E-state index contributed by atoms with van der Waals surface area (Å²) in [6.45, 7) is 6.56. The van der Waals surface area contributed by atoms with Gasteiger partial charge in [0, 0.05) is 45.1 Å². The van der Waals surface area contributed by atoms with E-state index >= 15 is 0 Å². The number of pyridine rings is 1. The first-order valence-corrected chi connectivity index (χ1v) is 8.01. The summed E-state index contributed by atoms with van der Waals surface area (Å²) in [5, 5.41) is 4.98. The Morgan fingerprint density at radius 2 is 1.91 bits per heavy atom. The van der Waals surface area contributed by atoms with Gasteiger partial charge >= 0.3 is 0 Å². The van der Waals surface area contributed by atoms with Crippen LogP contribution >= 0.6 is 11.6 Å². The molecule has 3 rings (SSSR count). The van der Waals surface area contributed by atoms with Gasteiger partial charge in [-0.3, -0.25) is 9.48 Å². The fourth-order valence-electron chi connectivity index (χ4n) is 2.97. The first-order chi connectivity index (χ1) is 11.0. The molecule has 7 heteroatoms. The molecule has 23 heavy (non-hydrogen) atoms. The summed E-state index contributed by atoms with van der Waals surface area (Å²) in [4.78, 5) is 21.1. The lowest BCUT2D eigenvalue weighted by Gasteiger charge is -2.35. The minimum absolute atomic E-state index is 0.0554. The maximum Gasteiger partial charge on any atom is 0.257 e. The fraction of sp³-hybridized carbons (Fsp3) is 0.438. The Labute approximate surface area is 140 Å². The highest BCUT2D eigenvalue weighted by atomic mass is 35.5. The zero-order chi connectivity index (χ0) is 16.6. The van der Waals surface area contributed by atoms with E-state index in [1.807, 2.05) is 37.9 Å². The van der Waals surface area contributed by atoms with Crippen LogP contribution in [0.3, 0.4) is 0 Å². The van der Waals surface area contributed by atoms with Crippen LogP contribution in [0.25, 0.3) is 0 Å². The molecule has 0 N–H and O–H groups in total. The van der Waals surface area contributed by atoms with Gasteiger partial charge in [0.05, 0.1) is 16.3 Å². The van der Waals surface area contributed by atoms with E-state index in [1.54, 1.807) is 10.9 Å². The molecule has 1 fully saturated rings. The normalized spacial score (nSPS) is 15.1. The van der Waals surface area contributed by atoms with E-state index in [0.29, 0.717) is 18.1 Å². The van der Waals surface area contributed by atoms with Gasteiger partial charge < -0.3 is 9.80 Å². The van der Waals surface area contributed by atoms with Crippen molar-refractivity contribution in [3.05, 3.63) is 40.3 Å². The summed E-state index contributed by atoms with van der Waals surface area (Å²) in [6, 6.07) is 3.66. The second-order valence-corrected chi connectivity index (χ2v) is 6.16. The van der Waals surface area contributed by atoms with Gasteiger partial charge in [-0.05, 0) is 26.0 Å². The van der Waals surface area contributed by atoms with Crippen LogP contribution in [0, 0.1) is 13.8 Å². The quantitative estimate of drug-likeness (QED) is 0.844. The average Bonchev–Trinajstić information content (AvgIpc) is 2.80. The molecule has 1 amide bonds. The van der Waals surface area contributed by atoms with Crippen molar-refractivity contribution in [2.75, 3.05) is 31.1 Å². The molecule has 0 aliphatic carbocycles. The van der Waals surface area contributed by atoms with Crippen LogP contribution < -0.4 is 4.90 Å². The number of anilines is 1. The Bertz CT molecular complexity index is 734. The number of aromatic nitrogens is 3. The van der Waals surface area contributed by atoms with Gasteiger partial charge in [0.1, 0.15) is 5.82 Å². The van der Waals surface area contributed by atoms with Crippen molar-refractivity contribution in [2.24, 2.45) is 7.05 Å². The number of halogens is 1.